The number of rotatable bonds is 6. The number of anilines is 2. The van der Waals surface area contributed by atoms with Crippen LogP contribution in [0.2, 0.25) is 0 Å². The van der Waals surface area contributed by atoms with Crippen LogP contribution in [-0.2, 0) is 0 Å². The molecule has 10 heteroatoms. The third-order valence-corrected chi connectivity index (χ3v) is 11.6. The van der Waals surface area contributed by atoms with Crippen LogP contribution in [0.4, 0.5) is 11.4 Å². The first kappa shape index (κ1) is 27.4. The number of hydrogen-bond donors (Lipinski definition) is 4. The minimum absolute atomic E-state index is 0.206. The van der Waals surface area contributed by atoms with Crippen molar-refractivity contribution in [3.8, 4) is 11.5 Å². The molecule has 204 valence electrons. The Morgan fingerprint density at radius 2 is 0.850 bits per heavy atom. The second-order valence-electron chi connectivity index (χ2n) is 9.41. The van der Waals surface area contributed by atoms with Gasteiger partial charge in [-0.15, -0.1) is 0 Å². The fourth-order valence-corrected chi connectivity index (χ4v) is 9.92. The van der Waals surface area contributed by atoms with Crippen LogP contribution in [0.3, 0.4) is 0 Å². The van der Waals surface area contributed by atoms with Crippen LogP contribution in [0.15, 0.2) is 97.1 Å². The van der Waals surface area contributed by atoms with Crippen LogP contribution in [0.1, 0.15) is 20.7 Å². The van der Waals surface area contributed by atoms with E-state index in [4.69, 9.17) is 0 Å². The maximum atomic E-state index is 11.5. The molecule has 40 heavy (non-hydrogen) atoms. The second-order valence-corrected chi connectivity index (χ2v) is 13.7. The lowest BCUT2D eigenvalue weighted by Crippen LogP contribution is -2.38. The first-order valence-electron chi connectivity index (χ1n) is 12.5. The van der Waals surface area contributed by atoms with Crippen LogP contribution in [0, 0.1) is 0 Å². The number of phenolic OH excluding ortho intramolecular Hbond substituents is 2. The number of hydrogen-bond acceptors (Lipinski definition) is 6. The monoisotopic (exact) mass is 574 g/mol. The largest absolute Gasteiger partial charge is 0.507 e. The van der Waals surface area contributed by atoms with E-state index in [0.717, 1.165) is 22.0 Å². The summed E-state index contributed by atoms with van der Waals surface area (Å²) in [5, 5.41) is 42.1. The molecule has 0 atom stereocenters. The minimum Gasteiger partial charge on any atom is -0.507 e. The molecule has 0 radical (unpaired) electrons. The summed E-state index contributed by atoms with van der Waals surface area (Å²) < 4.78 is 0. The van der Waals surface area contributed by atoms with Crippen molar-refractivity contribution in [3.05, 3.63) is 108 Å². The Kier molecular flexibility index (Phi) is 8.20. The van der Waals surface area contributed by atoms with E-state index in [1.165, 1.54) is 0 Å². The van der Waals surface area contributed by atoms with Gasteiger partial charge in [-0.2, -0.15) is 0 Å². The van der Waals surface area contributed by atoms with E-state index in [-0.39, 0.29) is 22.6 Å². The molecule has 0 unspecified atom stereocenters. The molecule has 0 aliphatic carbocycles. The van der Waals surface area contributed by atoms with Crippen LogP contribution >= 0.6 is 15.8 Å². The number of nitrogens with zero attached hydrogens (tertiary/aromatic N) is 2. The molecule has 1 saturated heterocycles. The number of carbonyl (C=O) groups is 2. The fourth-order valence-electron chi connectivity index (χ4n) is 4.73. The van der Waals surface area contributed by atoms with Gasteiger partial charge in [0.05, 0.1) is 11.1 Å². The minimum atomic E-state index is -0.989. The van der Waals surface area contributed by atoms with E-state index in [2.05, 4.69) is 9.80 Å². The Morgan fingerprint density at radius 1 is 0.525 bits per heavy atom. The predicted molar refractivity (Wildman–Crippen MR) is 161 cm³/mol. The lowest BCUT2D eigenvalue weighted by molar-refractivity contribution is 0.0686. The quantitative estimate of drug-likeness (QED) is 0.230. The van der Waals surface area contributed by atoms with Gasteiger partial charge in [-0.05, 0) is 76.5 Å². The number of aromatic carboxylic acids is 2. The summed E-state index contributed by atoms with van der Waals surface area (Å²) in [5.74, 6) is -1.53. The van der Waals surface area contributed by atoms with Crippen LogP contribution in [0.25, 0.3) is 0 Å². The van der Waals surface area contributed by atoms with Gasteiger partial charge in [0.15, 0.2) is 0 Å². The Morgan fingerprint density at radius 3 is 1.15 bits per heavy atom. The lowest BCUT2D eigenvalue weighted by Gasteiger charge is -2.41. The zero-order chi connectivity index (χ0) is 28.2. The summed E-state index contributed by atoms with van der Waals surface area (Å²) >= 11 is 0. The molecule has 4 aromatic carbocycles. The van der Waals surface area contributed by atoms with Crippen molar-refractivity contribution < 1.29 is 30.0 Å². The maximum Gasteiger partial charge on any atom is 0.335 e. The molecule has 4 aromatic rings. The van der Waals surface area contributed by atoms with Crippen LogP contribution in [-0.4, -0.2) is 57.5 Å². The summed E-state index contributed by atoms with van der Waals surface area (Å²) in [7, 11) is -1.95. The number of carboxylic acid groups (broad SMARTS) is 2. The van der Waals surface area contributed by atoms with Gasteiger partial charge in [-0.3, -0.25) is 0 Å². The lowest BCUT2D eigenvalue weighted by atomic mass is 10.2. The number of phenols is 2. The van der Waals surface area contributed by atoms with Gasteiger partial charge < -0.3 is 30.2 Å². The smallest absolute Gasteiger partial charge is 0.335 e. The van der Waals surface area contributed by atoms with Gasteiger partial charge in [-0.25, -0.2) is 9.59 Å². The highest BCUT2D eigenvalue weighted by Crippen LogP contribution is 2.49. The van der Waals surface area contributed by atoms with E-state index >= 15 is 0 Å². The van der Waals surface area contributed by atoms with Gasteiger partial charge in [0.1, 0.15) is 11.5 Å². The van der Waals surface area contributed by atoms with Crippen molar-refractivity contribution >= 4 is 49.8 Å². The molecule has 0 spiro atoms. The molecule has 5 rings (SSSR count). The average molecular weight is 575 g/mol. The molecule has 1 heterocycles. The van der Waals surface area contributed by atoms with E-state index in [1.807, 2.05) is 48.5 Å². The first-order valence-corrected chi connectivity index (χ1v) is 15.9. The van der Waals surface area contributed by atoms with Crippen LogP contribution < -0.4 is 20.4 Å². The molecule has 0 bridgehead atoms. The summed E-state index contributed by atoms with van der Waals surface area (Å²) in [5.41, 5.74) is 2.15. The van der Waals surface area contributed by atoms with Crippen molar-refractivity contribution in [1.82, 2.24) is 0 Å². The summed E-state index contributed by atoms with van der Waals surface area (Å²) in [4.78, 5) is 27.4. The second kappa shape index (κ2) is 12.0. The summed E-state index contributed by atoms with van der Waals surface area (Å²) in [6.07, 6.45) is 2.37. The Balaban J connectivity index is 1.59. The third kappa shape index (κ3) is 6.04. The summed E-state index contributed by atoms with van der Waals surface area (Å²) in [6.45, 7) is 0. The predicted octanol–water partition coefficient (Wildman–Crippen LogP) is 5.27. The molecular weight excluding hydrogens is 546 g/mol. The standard InChI is InChI=1S/C30H28N2O6P2/c33-25-5-1-3-7-27(25)39-17-31(23-13-9-21(10-14-23)29(35)36)19-40(28-8-4-2-6-26(28)34)20-32(18-39)24-15-11-22(12-16-24)30(37)38/h1-16,33-34H,17-20H2,(H,35,36)(H,37,38). The normalized spacial score (nSPS) is 17.6. The SMILES string of the molecule is O=C(O)c1ccc(N2CP(c3ccccc3O)CN(c3ccc(C(=O)O)cc3)CP(c3ccccc3O)C2)cc1. The molecule has 1 aliphatic heterocycles. The van der Waals surface area contributed by atoms with Crippen molar-refractivity contribution in [1.29, 1.82) is 0 Å². The average Bonchev–Trinajstić information content (AvgIpc) is 2.94. The Bertz CT molecular complexity index is 1390. The number of benzene rings is 4. The highest BCUT2D eigenvalue weighted by molar-refractivity contribution is 7.68. The molecule has 1 aliphatic rings. The molecule has 0 saturated carbocycles. The van der Waals surface area contributed by atoms with Crippen molar-refractivity contribution in [2.75, 3.05) is 34.9 Å². The van der Waals surface area contributed by atoms with Crippen molar-refractivity contribution in [3.63, 3.8) is 0 Å². The molecule has 0 amide bonds. The van der Waals surface area contributed by atoms with E-state index < -0.39 is 27.8 Å². The maximum absolute atomic E-state index is 11.5. The highest BCUT2D eigenvalue weighted by Gasteiger charge is 2.30. The highest BCUT2D eigenvalue weighted by atomic mass is 31.1. The first-order chi connectivity index (χ1) is 19.3. The molecule has 8 nitrogen and oxygen atoms in total. The molecule has 0 aromatic heterocycles. The summed E-state index contributed by atoms with van der Waals surface area (Å²) in [6, 6.07) is 28.3. The van der Waals surface area contributed by atoms with Gasteiger partial charge in [0.2, 0.25) is 0 Å². The van der Waals surface area contributed by atoms with Gasteiger partial charge in [0, 0.05) is 47.1 Å². The molecular formula is C30H28N2O6P2. The van der Waals surface area contributed by atoms with Crippen molar-refractivity contribution in [2.24, 2.45) is 0 Å². The number of para-hydroxylation sites is 2. The van der Waals surface area contributed by atoms with E-state index in [9.17, 15) is 30.0 Å². The zero-order valence-corrected chi connectivity index (χ0v) is 23.2. The number of aromatic hydroxyl groups is 2. The molecule has 4 N–H and O–H groups in total. The van der Waals surface area contributed by atoms with Gasteiger partial charge in [0.25, 0.3) is 0 Å². The van der Waals surface area contributed by atoms with E-state index in [1.54, 1.807) is 48.5 Å². The molecule has 1 fully saturated rings. The van der Waals surface area contributed by atoms with E-state index in [0.29, 0.717) is 25.1 Å². The van der Waals surface area contributed by atoms with Crippen LogP contribution in [0.5, 0.6) is 11.5 Å². The van der Waals surface area contributed by atoms with Crippen molar-refractivity contribution in [2.45, 2.75) is 0 Å². The Hall–Kier alpha value is -4.12. The topological polar surface area (TPSA) is 122 Å². The Labute approximate surface area is 234 Å². The van der Waals surface area contributed by atoms with Gasteiger partial charge in [-0.1, -0.05) is 36.4 Å². The zero-order valence-electron chi connectivity index (χ0n) is 21.5. The fraction of sp³-hybridized carbons (Fsp3) is 0.133. The number of carboxylic acids is 2. The third-order valence-electron chi connectivity index (χ3n) is 6.77. The van der Waals surface area contributed by atoms with Gasteiger partial charge >= 0.3 is 11.9 Å².